The first kappa shape index (κ1) is 13.9. The molecule has 0 saturated heterocycles. The maximum Gasteiger partial charge on any atom is 0.326 e. The van der Waals surface area contributed by atoms with Crippen LogP contribution in [-0.2, 0) is 14.4 Å². The van der Waals surface area contributed by atoms with E-state index < -0.39 is 36.2 Å². The van der Waals surface area contributed by atoms with Crippen LogP contribution < -0.4 is 16.4 Å². The Hall–Kier alpha value is -2.57. The van der Waals surface area contributed by atoms with Gasteiger partial charge in [0, 0.05) is 12.2 Å². The first-order valence-electron chi connectivity index (χ1n) is 6.13. The lowest BCUT2D eigenvalue weighted by Gasteiger charge is -2.16. The summed E-state index contributed by atoms with van der Waals surface area (Å²) in [7, 11) is 0. The number of aliphatic carboxylic acids is 1. The summed E-state index contributed by atoms with van der Waals surface area (Å²) in [6.45, 7) is 0.397. The molecule has 0 spiro atoms. The molecule has 0 bridgehead atoms. The second kappa shape index (κ2) is 5.60. The Morgan fingerprint density at radius 2 is 2.10 bits per heavy atom. The van der Waals surface area contributed by atoms with E-state index in [0.717, 1.165) is 11.3 Å². The van der Waals surface area contributed by atoms with E-state index in [4.69, 9.17) is 10.8 Å². The summed E-state index contributed by atoms with van der Waals surface area (Å²) >= 11 is 0. The van der Waals surface area contributed by atoms with Gasteiger partial charge in [0.1, 0.15) is 6.04 Å². The average molecular weight is 277 g/mol. The molecule has 2 amide bonds. The number of anilines is 1. The zero-order valence-corrected chi connectivity index (χ0v) is 10.6. The number of carboxylic acids is 1. The minimum absolute atomic E-state index is 0.397. The van der Waals surface area contributed by atoms with Gasteiger partial charge in [-0.25, -0.2) is 4.79 Å². The van der Waals surface area contributed by atoms with Gasteiger partial charge in [0.05, 0.1) is 12.3 Å². The highest BCUT2D eigenvalue weighted by Gasteiger charge is 2.31. The number of fused-ring (bicyclic) bond motifs is 1. The van der Waals surface area contributed by atoms with Crippen molar-refractivity contribution >= 4 is 23.5 Å². The summed E-state index contributed by atoms with van der Waals surface area (Å²) in [5.41, 5.74) is 6.64. The molecule has 2 rings (SSSR count). The number of nitrogens with two attached hydrogens (primary N) is 1. The fourth-order valence-corrected chi connectivity index (χ4v) is 2.19. The molecule has 20 heavy (non-hydrogen) atoms. The van der Waals surface area contributed by atoms with E-state index in [-0.39, 0.29) is 0 Å². The van der Waals surface area contributed by atoms with Crippen molar-refractivity contribution in [3.63, 3.8) is 0 Å². The third kappa shape index (κ3) is 2.87. The molecule has 0 radical (unpaired) electrons. The predicted molar refractivity (Wildman–Crippen MR) is 71.1 cm³/mol. The van der Waals surface area contributed by atoms with Gasteiger partial charge < -0.3 is 21.5 Å². The molecule has 106 valence electrons. The molecule has 0 saturated carbocycles. The molecule has 1 aliphatic heterocycles. The highest BCUT2D eigenvalue weighted by Crippen LogP contribution is 2.31. The number of hydrogen-bond acceptors (Lipinski definition) is 4. The molecule has 7 heteroatoms. The molecular weight excluding hydrogens is 262 g/mol. The zero-order chi connectivity index (χ0) is 14.7. The van der Waals surface area contributed by atoms with Crippen LogP contribution in [0.3, 0.4) is 0 Å². The third-order valence-corrected chi connectivity index (χ3v) is 3.17. The molecule has 0 fully saturated rings. The molecule has 7 nitrogen and oxygen atoms in total. The first-order chi connectivity index (χ1) is 9.49. The normalized spacial score (nSPS) is 17.7. The fourth-order valence-electron chi connectivity index (χ4n) is 2.19. The van der Waals surface area contributed by atoms with Crippen LogP contribution in [0, 0.1) is 0 Å². The van der Waals surface area contributed by atoms with Gasteiger partial charge in [-0.15, -0.1) is 0 Å². The topological polar surface area (TPSA) is 122 Å². The molecule has 1 aromatic carbocycles. The molecule has 5 N–H and O–H groups in total. The van der Waals surface area contributed by atoms with E-state index >= 15 is 0 Å². The van der Waals surface area contributed by atoms with Crippen molar-refractivity contribution in [1.29, 1.82) is 0 Å². The van der Waals surface area contributed by atoms with Gasteiger partial charge in [-0.1, -0.05) is 18.2 Å². The summed E-state index contributed by atoms with van der Waals surface area (Å²) in [6, 6.07) is 6.01. The number of carboxylic acid groups (broad SMARTS) is 1. The van der Waals surface area contributed by atoms with Crippen LogP contribution in [0.1, 0.15) is 17.9 Å². The third-order valence-electron chi connectivity index (χ3n) is 3.17. The van der Waals surface area contributed by atoms with Gasteiger partial charge in [-0.3, -0.25) is 9.59 Å². The standard InChI is InChI=1S/C13H15N3O4/c14-11(17)5-10(13(19)20)16-12(18)8-6-15-9-4-2-1-3-7(8)9/h1-4,8,10,15H,5-6H2,(H2,14,17)(H,16,18)(H,19,20). The lowest BCUT2D eigenvalue weighted by atomic mass is 10.00. The number of nitrogens with one attached hydrogen (secondary N) is 2. The summed E-state index contributed by atoms with van der Waals surface area (Å²) < 4.78 is 0. The minimum atomic E-state index is -1.30. The predicted octanol–water partition coefficient (Wildman–Crippen LogP) is -0.359. The van der Waals surface area contributed by atoms with E-state index in [0.29, 0.717) is 6.54 Å². The van der Waals surface area contributed by atoms with Crippen molar-refractivity contribution in [1.82, 2.24) is 5.32 Å². The maximum atomic E-state index is 12.1. The second-order valence-corrected chi connectivity index (χ2v) is 4.59. The van der Waals surface area contributed by atoms with E-state index in [1.807, 2.05) is 24.3 Å². The monoisotopic (exact) mass is 277 g/mol. The summed E-state index contributed by atoms with van der Waals surface area (Å²) in [4.78, 5) is 33.9. The quantitative estimate of drug-likeness (QED) is 0.585. The minimum Gasteiger partial charge on any atom is -0.480 e. The molecule has 1 aliphatic rings. The van der Waals surface area contributed by atoms with Gasteiger partial charge in [-0.2, -0.15) is 0 Å². The fraction of sp³-hybridized carbons (Fsp3) is 0.308. The Morgan fingerprint density at radius 3 is 2.75 bits per heavy atom. The van der Waals surface area contributed by atoms with Gasteiger partial charge in [0.15, 0.2) is 0 Å². The van der Waals surface area contributed by atoms with Crippen LogP contribution in [0.2, 0.25) is 0 Å². The van der Waals surface area contributed by atoms with Gasteiger partial charge >= 0.3 is 5.97 Å². The van der Waals surface area contributed by atoms with E-state index in [1.165, 1.54) is 0 Å². The molecule has 0 aliphatic carbocycles. The van der Waals surface area contributed by atoms with Gasteiger partial charge in [-0.05, 0) is 11.6 Å². The van der Waals surface area contributed by atoms with E-state index in [2.05, 4.69) is 10.6 Å². The van der Waals surface area contributed by atoms with Crippen LogP contribution in [0.15, 0.2) is 24.3 Å². The smallest absolute Gasteiger partial charge is 0.326 e. The summed E-state index contributed by atoms with van der Waals surface area (Å²) in [6.07, 6.45) is -0.428. The second-order valence-electron chi connectivity index (χ2n) is 4.59. The number of carbonyl (C=O) groups excluding carboxylic acids is 2. The zero-order valence-electron chi connectivity index (χ0n) is 10.6. The number of benzene rings is 1. The Balaban J connectivity index is 2.09. The van der Waals surface area contributed by atoms with Crippen LogP contribution in [0.25, 0.3) is 0 Å². The lowest BCUT2D eigenvalue weighted by Crippen LogP contribution is -2.45. The number of primary amides is 1. The molecule has 2 unspecified atom stereocenters. The summed E-state index contributed by atoms with van der Waals surface area (Å²) in [5, 5.41) is 14.4. The maximum absolute atomic E-state index is 12.1. The Labute approximate surface area is 115 Å². The SMILES string of the molecule is NC(=O)CC(NC(=O)C1CNc2ccccc21)C(=O)O. The van der Waals surface area contributed by atoms with Crippen LogP contribution in [-0.4, -0.2) is 35.5 Å². The van der Waals surface area contributed by atoms with Crippen molar-refractivity contribution in [2.45, 2.75) is 18.4 Å². The molecule has 2 atom stereocenters. The number of hydrogen-bond donors (Lipinski definition) is 4. The molecule has 0 aromatic heterocycles. The first-order valence-corrected chi connectivity index (χ1v) is 6.13. The van der Waals surface area contributed by atoms with Crippen LogP contribution in [0.5, 0.6) is 0 Å². The largest absolute Gasteiger partial charge is 0.480 e. The van der Waals surface area contributed by atoms with Crippen LogP contribution in [0.4, 0.5) is 5.69 Å². The van der Waals surface area contributed by atoms with Crippen molar-refractivity contribution in [3.05, 3.63) is 29.8 Å². The molecule has 1 aromatic rings. The average Bonchev–Trinajstić information content (AvgIpc) is 2.81. The Kier molecular flexibility index (Phi) is 3.88. The van der Waals surface area contributed by atoms with Crippen molar-refractivity contribution in [2.24, 2.45) is 5.73 Å². The highest BCUT2D eigenvalue weighted by molar-refractivity contribution is 5.92. The lowest BCUT2D eigenvalue weighted by molar-refractivity contribution is -0.143. The van der Waals surface area contributed by atoms with Gasteiger partial charge in [0.2, 0.25) is 11.8 Å². The van der Waals surface area contributed by atoms with Crippen LogP contribution >= 0.6 is 0 Å². The van der Waals surface area contributed by atoms with E-state index in [9.17, 15) is 14.4 Å². The van der Waals surface area contributed by atoms with E-state index in [1.54, 1.807) is 0 Å². The van der Waals surface area contributed by atoms with Gasteiger partial charge in [0.25, 0.3) is 0 Å². The molecular formula is C13H15N3O4. The Morgan fingerprint density at radius 1 is 1.40 bits per heavy atom. The van der Waals surface area contributed by atoms with Crippen molar-refractivity contribution in [2.75, 3.05) is 11.9 Å². The number of amides is 2. The number of para-hydroxylation sites is 1. The molecule has 1 heterocycles. The van der Waals surface area contributed by atoms with Crippen molar-refractivity contribution in [3.8, 4) is 0 Å². The number of carbonyl (C=O) groups is 3. The highest BCUT2D eigenvalue weighted by atomic mass is 16.4. The number of rotatable bonds is 5. The van der Waals surface area contributed by atoms with Crippen molar-refractivity contribution < 1.29 is 19.5 Å². The summed E-state index contributed by atoms with van der Waals surface area (Å²) in [5.74, 6) is -2.96. The Bertz CT molecular complexity index is 558.